The number of rotatable bonds is 8. The van der Waals surface area contributed by atoms with Crippen molar-refractivity contribution in [2.75, 3.05) is 57.8 Å². The van der Waals surface area contributed by atoms with Crippen LogP contribution in [0.2, 0.25) is 0 Å². The lowest BCUT2D eigenvalue weighted by molar-refractivity contribution is 0.312. The molecule has 0 amide bonds. The van der Waals surface area contributed by atoms with Crippen LogP contribution in [-0.2, 0) is 6.54 Å². The molecule has 1 aromatic heterocycles. The van der Waals surface area contributed by atoms with E-state index < -0.39 is 0 Å². The smallest absolute Gasteiger partial charge is 0.191 e. The minimum absolute atomic E-state index is 0.581. The van der Waals surface area contributed by atoms with E-state index in [0.29, 0.717) is 19.7 Å². The van der Waals surface area contributed by atoms with Gasteiger partial charge in [0.15, 0.2) is 5.96 Å². The molecule has 1 saturated heterocycles. The molecule has 0 bridgehead atoms. The van der Waals surface area contributed by atoms with Crippen molar-refractivity contribution in [2.24, 2.45) is 4.99 Å². The number of nitrogens with one attached hydrogen (secondary N) is 2. The van der Waals surface area contributed by atoms with E-state index in [2.05, 4.69) is 45.5 Å². The molecule has 0 aliphatic carbocycles. The number of anilines is 1. The summed E-state index contributed by atoms with van der Waals surface area (Å²) < 4.78 is 5.73. The Labute approximate surface area is 173 Å². The average molecular weight is 397 g/mol. The summed E-state index contributed by atoms with van der Waals surface area (Å²) in [4.78, 5) is 14.0. The van der Waals surface area contributed by atoms with Crippen LogP contribution in [0.25, 0.3) is 0 Å². The number of para-hydroxylation sites is 1. The second kappa shape index (κ2) is 11.3. The van der Waals surface area contributed by atoms with E-state index in [0.717, 1.165) is 55.8 Å². The third-order valence-corrected chi connectivity index (χ3v) is 4.81. The van der Waals surface area contributed by atoms with Crippen LogP contribution < -0.4 is 20.3 Å². The van der Waals surface area contributed by atoms with E-state index in [1.807, 2.05) is 42.6 Å². The van der Waals surface area contributed by atoms with Crippen LogP contribution in [0.4, 0.5) is 5.82 Å². The van der Waals surface area contributed by atoms with Gasteiger partial charge in [-0.3, -0.25) is 0 Å². The summed E-state index contributed by atoms with van der Waals surface area (Å²) in [6.07, 6.45) is 1.88. The number of ether oxygens (including phenoxy) is 1. The van der Waals surface area contributed by atoms with Crippen LogP contribution in [-0.4, -0.2) is 68.8 Å². The maximum atomic E-state index is 5.73. The lowest BCUT2D eigenvalue weighted by Crippen LogP contribution is -2.44. The molecule has 2 N–H and O–H groups in total. The number of piperazine rings is 1. The highest BCUT2D eigenvalue weighted by atomic mass is 16.5. The number of aromatic nitrogens is 1. The molecule has 0 unspecified atom stereocenters. The fourth-order valence-electron chi connectivity index (χ4n) is 3.13. The fourth-order valence-corrected chi connectivity index (χ4v) is 3.13. The summed E-state index contributed by atoms with van der Waals surface area (Å²) in [5, 5.41) is 6.61. The van der Waals surface area contributed by atoms with Gasteiger partial charge in [0.1, 0.15) is 18.2 Å². The van der Waals surface area contributed by atoms with Gasteiger partial charge < -0.3 is 25.2 Å². The number of aliphatic imine (C=N–C) groups is 1. The van der Waals surface area contributed by atoms with Gasteiger partial charge >= 0.3 is 0 Å². The number of pyridine rings is 1. The van der Waals surface area contributed by atoms with Gasteiger partial charge in [-0.1, -0.05) is 18.2 Å². The van der Waals surface area contributed by atoms with E-state index in [4.69, 9.17) is 9.73 Å². The van der Waals surface area contributed by atoms with Crippen molar-refractivity contribution in [1.29, 1.82) is 0 Å². The molecule has 0 saturated carbocycles. The zero-order valence-electron chi connectivity index (χ0n) is 17.5. The lowest BCUT2D eigenvalue weighted by Gasteiger charge is -2.33. The number of nitrogens with zero attached hydrogens (tertiary/aromatic N) is 4. The van der Waals surface area contributed by atoms with E-state index in [1.165, 1.54) is 0 Å². The van der Waals surface area contributed by atoms with Gasteiger partial charge in [-0.05, 0) is 43.8 Å². The predicted octanol–water partition coefficient (Wildman–Crippen LogP) is 1.97. The van der Waals surface area contributed by atoms with Crippen molar-refractivity contribution in [2.45, 2.75) is 13.5 Å². The van der Waals surface area contributed by atoms with Crippen molar-refractivity contribution in [1.82, 2.24) is 20.5 Å². The van der Waals surface area contributed by atoms with Gasteiger partial charge in [-0.15, -0.1) is 0 Å². The van der Waals surface area contributed by atoms with Gasteiger partial charge in [0.25, 0.3) is 0 Å². The third-order valence-electron chi connectivity index (χ3n) is 4.81. The lowest BCUT2D eigenvalue weighted by atomic mass is 10.2. The Morgan fingerprint density at radius 1 is 1.10 bits per heavy atom. The van der Waals surface area contributed by atoms with Gasteiger partial charge in [0.2, 0.25) is 0 Å². The number of likely N-dealkylation sites (N-methyl/N-ethyl adjacent to an activating group) is 1. The molecular weight excluding hydrogens is 364 g/mol. The van der Waals surface area contributed by atoms with Gasteiger partial charge in [-0.2, -0.15) is 0 Å². The number of guanidine groups is 1. The van der Waals surface area contributed by atoms with Crippen LogP contribution >= 0.6 is 0 Å². The second-order valence-electron chi connectivity index (χ2n) is 7.10. The van der Waals surface area contributed by atoms with E-state index in [9.17, 15) is 0 Å². The topological polar surface area (TPSA) is 65.0 Å². The summed E-state index contributed by atoms with van der Waals surface area (Å²) in [6, 6.07) is 14.0. The van der Waals surface area contributed by atoms with Crippen LogP contribution in [0.3, 0.4) is 0 Å². The Bertz CT molecular complexity index is 759. The first kappa shape index (κ1) is 20.9. The first-order valence-electron chi connectivity index (χ1n) is 10.3. The number of benzene rings is 1. The largest absolute Gasteiger partial charge is 0.492 e. The van der Waals surface area contributed by atoms with Crippen molar-refractivity contribution in [3.8, 4) is 5.75 Å². The standard InChI is InChI=1S/C22H32N6O/c1-3-23-22(25-11-16-29-20-7-5-4-6-8-20)26-18-19-9-10-24-21(17-19)28-14-12-27(2)13-15-28/h4-10,17H,3,11-16,18H2,1-2H3,(H2,23,25,26). The molecule has 7 heteroatoms. The zero-order valence-corrected chi connectivity index (χ0v) is 17.5. The maximum absolute atomic E-state index is 5.73. The predicted molar refractivity (Wildman–Crippen MR) is 119 cm³/mol. The average Bonchev–Trinajstić information content (AvgIpc) is 2.76. The Kier molecular flexibility index (Phi) is 8.12. The molecule has 0 atom stereocenters. The molecule has 1 aliphatic heterocycles. The molecule has 2 aromatic rings. The molecule has 29 heavy (non-hydrogen) atoms. The summed E-state index contributed by atoms with van der Waals surface area (Å²) >= 11 is 0. The minimum atomic E-state index is 0.581. The quantitative estimate of drug-likeness (QED) is 0.404. The van der Waals surface area contributed by atoms with Crippen LogP contribution in [0.5, 0.6) is 5.75 Å². The highest BCUT2D eigenvalue weighted by molar-refractivity contribution is 5.79. The second-order valence-corrected chi connectivity index (χ2v) is 7.10. The molecule has 0 spiro atoms. The van der Waals surface area contributed by atoms with Crippen LogP contribution in [0, 0.1) is 0 Å². The Balaban J connectivity index is 1.50. The van der Waals surface area contributed by atoms with Crippen molar-refractivity contribution in [3.63, 3.8) is 0 Å². The summed E-state index contributed by atoms with van der Waals surface area (Å²) in [5.41, 5.74) is 1.16. The Hall–Kier alpha value is -2.80. The molecule has 156 valence electrons. The molecule has 1 fully saturated rings. The van der Waals surface area contributed by atoms with Crippen molar-refractivity contribution < 1.29 is 4.74 Å². The third kappa shape index (κ3) is 6.94. The van der Waals surface area contributed by atoms with Crippen LogP contribution in [0.15, 0.2) is 53.7 Å². The fraction of sp³-hybridized carbons (Fsp3) is 0.455. The molecule has 1 aliphatic rings. The zero-order chi connectivity index (χ0) is 20.3. The monoisotopic (exact) mass is 396 g/mol. The minimum Gasteiger partial charge on any atom is -0.492 e. The molecule has 1 aromatic carbocycles. The number of hydrogen-bond donors (Lipinski definition) is 2. The van der Waals surface area contributed by atoms with E-state index in [-0.39, 0.29) is 0 Å². The molecule has 7 nitrogen and oxygen atoms in total. The summed E-state index contributed by atoms with van der Waals surface area (Å²) in [5.74, 6) is 2.71. The first-order chi connectivity index (χ1) is 14.2. The molecule has 3 rings (SSSR count). The summed E-state index contributed by atoms with van der Waals surface area (Å²) in [6.45, 7) is 8.93. The molecule has 2 heterocycles. The Morgan fingerprint density at radius 3 is 2.66 bits per heavy atom. The highest BCUT2D eigenvalue weighted by Crippen LogP contribution is 2.15. The van der Waals surface area contributed by atoms with Crippen molar-refractivity contribution >= 4 is 11.8 Å². The maximum Gasteiger partial charge on any atom is 0.191 e. The van der Waals surface area contributed by atoms with Gasteiger partial charge in [-0.25, -0.2) is 9.98 Å². The van der Waals surface area contributed by atoms with Crippen LogP contribution in [0.1, 0.15) is 12.5 Å². The van der Waals surface area contributed by atoms with Crippen molar-refractivity contribution in [3.05, 3.63) is 54.2 Å². The molecular formula is C22H32N6O. The highest BCUT2D eigenvalue weighted by Gasteiger charge is 2.15. The number of hydrogen-bond acceptors (Lipinski definition) is 5. The SMILES string of the molecule is CCNC(=NCc1ccnc(N2CCN(C)CC2)c1)NCCOc1ccccc1. The van der Waals surface area contributed by atoms with E-state index >= 15 is 0 Å². The normalized spacial score (nSPS) is 15.2. The van der Waals surface area contributed by atoms with E-state index in [1.54, 1.807) is 0 Å². The Morgan fingerprint density at radius 2 is 1.90 bits per heavy atom. The first-order valence-corrected chi connectivity index (χ1v) is 10.3. The molecule has 0 radical (unpaired) electrons. The summed E-state index contributed by atoms with van der Waals surface area (Å²) in [7, 11) is 2.16. The van der Waals surface area contributed by atoms with Gasteiger partial charge in [0.05, 0.1) is 13.1 Å². The van der Waals surface area contributed by atoms with Gasteiger partial charge in [0, 0.05) is 38.9 Å².